The summed E-state index contributed by atoms with van der Waals surface area (Å²) < 4.78 is 18.0. The van der Waals surface area contributed by atoms with E-state index in [9.17, 15) is 9.18 Å². The number of methoxy groups -OCH3 is 1. The van der Waals surface area contributed by atoms with Gasteiger partial charge >= 0.3 is 5.97 Å². The number of anilines is 1. The number of halogens is 2. The van der Waals surface area contributed by atoms with Crippen molar-refractivity contribution in [1.29, 1.82) is 0 Å². The molecule has 17 heavy (non-hydrogen) atoms. The highest BCUT2D eigenvalue weighted by atomic mass is 79.9. The summed E-state index contributed by atoms with van der Waals surface area (Å²) >= 11 is 2.94. The van der Waals surface area contributed by atoms with Crippen molar-refractivity contribution in [2.75, 3.05) is 25.1 Å². The summed E-state index contributed by atoms with van der Waals surface area (Å²) in [5.74, 6) is -0.618. The zero-order valence-corrected chi connectivity index (χ0v) is 10.8. The van der Waals surface area contributed by atoms with E-state index in [1.807, 2.05) is 4.90 Å². The zero-order valence-electron chi connectivity index (χ0n) is 9.19. The topological polar surface area (TPSA) is 55.3 Å². The van der Waals surface area contributed by atoms with Gasteiger partial charge in [-0.25, -0.2) is 4.98 Å². The van der Waals surface area contributed by atoms with Crippen LogP contribution in [0.4, 0.5) is 10.2 Å². The predicted molar refractivity (Wildman–Crippen MR) is 62.0 cm³/mol. The molecule has 0 spiro atoms. The quantitative estimate of drug-likeness (QED) is 0.773. The average molecular weight is 304 g/mol. The van der Waals surface area contributed by atoms with Crippen molar-refractivity contribution >= 4 is 27.7 Å². The molecule has 1 aromatic rings. The van der Waals surface area contributed by atoms with Gasteiger partial charge in [0.05, 0.1) is 19.2 Å². The lowest BCUT2D eigenvalue weighted by Gasteiger charge is -2.16. The maximum absolute atomic E-state index is 13.2. The summed E-state index contributed by atoms with van der Waals surface area (Å²) in [4.78, 5) is 20.8. The van der Waals surface area contributed by atoms with E-state index in [-0.39, 0.29) is 16.5 Å². The van der Waals surface area contributed by atoms with Gasteiger partial charge in [-0.05, 0) is 22.4 Å². The SMILES string of the molecule is COC(=O)C1CCN(c2cnc(Br)c(F)n2)C1. The van der Waals surface area contributed by atoms with Crippen molar-refractivity contribution in [3.8, 4) is 0 Å². The maximum Gasteiger partial charge on any atom is 0.310 e. The second kappa shape index (κ2) is 4.95. The molecule has 7 heteroatoms. The molecule has 2 rings (SSSR count). The number of rotatable bonds is 2. The third-order valence-corrected chi connectivity index (χ3v) is 3.26. The molecule has 1 unspecified atom stereocenters. The molecule has 1 aliphatic heterocycles. The van der Waals surface area contributed by atoms with Crippen LogP contribution in [0.15, 0.2) is 10.8 Å². The third-order valence-electron chi connectivity index (χ3n) is 2.72. The number of carbonyl (C=O) groups is 1. The molecule has 0 saturated carbocycles. The molecule has 0 aliphatic carbocycles. The molecule has 1 saturated heterocycles. The van der Waals surface area contributed by atoms with Gasteiger partial charge in [-0.1, -0.05) is 0 Å². The average Bonchev–Trinajstić information content (AvgIpc) is 2.81. The molecule has 0 bridgehead atoms. The van der Waals surface area contributed by atoms with Crippen LogP contribution in [-0.4, -0.2) is 36.1 Å². The van der Waals surface area contributed by atoms with Gasteiger partial charge in [-0.2, -0.15) is 9.37 Å². The summed E-state index contributed by atoms with van der Waals surface area (Å²) in [5, 5.41) is 0. The van der Waals surface area contributed by atoms with Crippen LogP contribution in [-0.2, 0) is 9.53 Å². The summed E-state index contributed by atoms with van der Waals surface area (Å²) in [5.41, 5.74) is 0. The van der Waals surface area contributed by atoms with E-state index in [2.05, 4.69) is 30.6 Å². The molecule has 0 N–H and O–H groups in total. The molecule has 0 aromatic carbocycles. The first-order chi connectivity index (χ1) is 8.11. The van der Waals surface area contributed by atoms with Crippen molar-refractivity contribution in [2.45, 2.75) is 6.42 Å². The number of carbonyl (C=O) groups excluding carboxylic acids is 1. The van der Waals surface area contributed by atoms with Crippen LogP contribution in [0, 0.1) is 11.9 Å². The lowest BCUT2D eigenvalue weighted by atomic mass is 10.1. The fourth-order valence-electron chi connectivity index (χ4n) is 1.82. The number of ether oxygens (including phenoxy) is 1. The van der Waals surface area contributed by atoms with Gasteiger partial charge in [0, 0.05) is 13.1 Å². The van der Waals surface area contributed by atoms with E-state index in [0.29, 0.717) is 25.3 Å². The number of hydrogen-bond acceptors (Lipinski definition) is 5. The molecule has 92 valence electrons. The van der Waals surface area contributed by atoms with Gasteiger partial charge < -0.3 is 9.64 Å². The predicted octanol–water partition coefficient (Wildman–Crippen LogP) is 1.38. The number of nitrogens with zero attached hydrogens (tertiary/aromatic N) is 3. The van der Waals surface area contributed by atoms with Crippen LogP contribution < -0.4 is 4.90 Å². The monoisotopic (exact) mass is 303 g/mol. The molecule has 0 amide bonds. The largest absolute Gasteiger partial charge is 0.469 e. The van der Waals surface area contributed by atoms with Crippen molar-refractivity contribution in [3.05, 3.63) is 16.7 Å². The Balaban J connectivity index is 2.10. The number of esters is 1. The van der Waals surface area contributed by atoms with E-state index < -0.39 is 5.95 Å². The van der Waals surface area contributed by atoms with Crippen LogP contribution in [0.25, 0.3) is 0 Å². The van der Waals surface area contributed by atoms with Crippen LogP contribution >= 0.6 is 15.9 Å². The molecule has 5 nitrogen and oxygen atoms in total. The Hall–Kier alpha value is -1.24. The van der Waals surface area contributed by atoms with E-state index in [1.54, 1.807) is 0 Å². The standard InChI is InChI=1S/C10H11BrFN3O2/c1-17-10(16)6-2-3-15(5-6)7-4-13-8(11)9(12)14-7/h4,6H,2-3,5H2,1H3. The van der Waals surface area contributed by atoms with Crippen molar-refractivity contribution in [3.63, 3.8) is 0 Å². The Morgan fingerprint density at radius 2 is 2.47 bits per heavy atom. The Morgan fingerprint density at radius 1 is 1.71 bits per heavy atom. The van der Waals surface area contributed by atoms with Gasteiger partial charge in [-0.15, -0.1) is 0 Å². The van der Waals surface area contributed by atoms with Gasteiger partial charge in [-0.3, -0.25) is 4.79 Å². The fourth-order valence-corrected chi connectivity index (χ4v) is 2.01. The highest BCUT2D eigenvalue weighted by molar-refractivity contribution is 9.10. The van der Waals surface area contributed by atoms with E-state index in [4.69, 9.17) is 0 Å². The van der Waals surface area contributed by atoms with Gasteiger partial charge in [0.2, 0.25) is 5.95 Å². The normalized spacial score (nSPS) is 19.5. The summed E-state index contributed by atoms with van der Waals surface area (Å²) in [6.07, 6.45) is 2.17. The van der Waals surface area contributed by atoms with E-state index in [1.165, 1.54) is 13.3 Å². The van der Waals surface area contributed by atoms with Crippen molar-refractivity contribution < 1.29 is 13.9 Å². The van der Waals surface area contributed by atoms with Crippen LogP contribution in [0.5, 0.6) is 0 Å². The molecule has 1 atom stereocenters. The minimum atomic E-state index is -0.649. The molecular weight excluding hydrogens is 293 g/mol. The maximum atomic E-state index is 13.2. The second-order valence-corrected chi connectivity index (χ2v) is 4.52. The van der Waals surface area contributed by atoms with Crippen LogP contribution in [0.1, 0.15) is 6.42 Å². The van der Waals surface area contributed by atoms with Gasteiger partial charge in [0.25, 0.3) is 0 Å². The highest BCUT2D eigenvalue weighted by Gasteiger charge is 2.30. The van der Waals surface area contributed by atoms with Crippen LogP contribution in [0.3, 0.4) is 0 Å². The van der Waals surface area contributed by atoms with Gasteiger partial charge in [0.1, 0.15) is 0 Å². The Labute approximate surface area is 106 Å². The van der Waals surface area contributed by atoms with Gasteiger partial charge in [0.15, 0.2) is 10.4 Å². The van der Waals surface area contributed by atoms with Crippen LogP contribution in [0.2, 0.25) is 0 Å². The Bertz CT molecular complexity index is 444. The summed E-state index contributed by atoms with van der Waals surface area (Å²) in [7, 11) is 1.37. The first-order valence-corrected chi connectivity index (χ1v) is 5.92. The first kappa shape index (κ1) is 12.2. The summed E-state index contributed by atoms with van der Waals surface area (Å²) in [6.45, 7) is 1.14. The highest BCUT2D eigenvalue weighted by Crippen LogP contribution is 2.23. The molecular formula is C10H11BrFN3O2. The number of hydrogen-bond donors (Lipinski definition) is 0. The first-order valence-electron chi connectivity index (χ1n) is 5.12. The fraction of sp³-hybridized carbons (Fsp3) is 0.500. The minimum absolute atomic E-state index is 0.0879. The lowest BCUT2D eigenvalue weighted by Crippen LogP contribution is -2.24. The zero-order chi connectivity index (χ0) is 12.4. The van der Waals surface area contributed by atoms with E-state index >= 15 is 0 Å². The molecule has 2 heterocycles. The molecule has 1 aromatic heterocycles. The minimum Gasteiger partial charge on any atom is -0.469 e. The number of aromatic nitrogens is 2. The Morgan fingerprint density at radius 3 is 3.12 bits per heavy atom. The van der Waals surface area contributed by atoms with E-state index in [0.717, 1.165) is 0 Å². The molecule has 1 fully saturated rings. The molecule has 1 aliphatic rings. The summed E-state index contributed by atoms with van der Waals surface area (Å²) in [6, 6.07) is 0. The van der Waals surface area contributed by atoms with Crippen molar-refractivity contribution in [1.82, 2.24) is 9.97 Å². The second-order valence-electron chi connectivity index (χ2n) is 3.76. The lowest BCUT2D eigenvalue weighted by molar-refractivity contribution is -0.144. The third kappa shape index (κ3) is 2.54. The van der Waals surface area contributed by atoms with Crippen molar-refractivity contribution in [2.24, 2.45) is 5.92 Å². The molecule has 0 radical (unpaired) electrons. The smallest absolute Gasteiger partial charge is 0.310 e. The Kier molecular flexibility index (Phi) is 3.56.